The molecule has 4 aromatic rings. The van der Waals surface area contributed by atoms with Crippen molar-refractivity contribution in [2.24, 2.45) is 0 Å². The van der Waals surface area contributed by atoms with E-state index in [1.165, 1.54) is 0 Å². The van der Waals surface area contributed by atoms with Crippen molar-refractivity contribution in [2.75, 3.05) is 20.8 Å². The van der Waals surface area contributed by atoms with Crippen LogP contribution in [0.25, 0.3) is 11.0 Å². The Bertz CT molecular complexity index is 1340. The number of nitrogens with one attached hydrogen (secondary N) is 1. The first-order chi connectivity index (χ1) is 17.0. The average Bonchev–Trinajstić information content (AvgIpc) is 2.90. The summed E-state index contributed by atoms with van der Waals surface area (Å²) in [5.41, 5.74) is 1.49. The normalized spacial score (nSPS) is 10.7. The average molecular weight is 473 g/mol. The van der Waals surface area contributed by atoms with Crippen LogP contribution in [0.15, 0.2) is 88.1 Å². The maximum absolute atomic E-state index is 12.7. The van der Waals surface area contributed by atoms with E-state index in [9.17, 15) is 14.4 Å². The fraction of sp³-hybridized carbons (Fsp3) is 0.148. The first-order valence-electron chi connectivity index (χ1n) is 10.8. The summed E-state index contributed by atoms with van der Waals surface area (Å²) in [6.07, 6.45) is 0. The summed E-state index contributed by atoms with van der Waals surface area (Å²) in [5, 5.41) is 3.23. The van der Waals surface area contributed by atoms with Gasteiger partial charge in [-0.1, -0.05) is 36.4 Å². The molecule has 0 aliphatic heterocycles. The molecule has 3 aromatic carbocycles. The van der Waals surface area contributed by atoms with Crippen LogP contribution in [0.1, 0.15) is 27.7 Å². The molecule has 1 amide bonds. The number of amides is 1. The molecule has 0 saturated heterocycles. The number of fused-ring (bicyclic) bond motifs is 1. The molecule has 0 aliphatic rings. The molecule has 0 bridgehead atoms. The highest BCUT2D eigenvalue weighted by atomic mass is 16.5. The lowest BCUT2D eigenvalue weighted by molar-refractivity contribution is -0.124. The van der Waals surface area contributed by atoms with Crippen LogP contribution in [0, 0.1) is 0 Å². The quantitative estimate of drug-likeness (QED) is 0.388. The lowest BCUT2D eigenvalue weighted by Crippen LogP contribution is -2.33. The molecule has 1 heterocycles. The second-order valence-electron chi connectivity index (χ2n) is 7.59. The minimum absolute atomic E-state index is 0.260. The summed E-state index contributed by atoms with van der Waals surface area (Å²) in [4.78, 5) is 37.4. The first kappa shape index (κ1) is 23.6. The summed E-state index contributed by atoms with van der Waals surface area (Å²) in [7, 11) is 3.15. The number of rotatable bonds is 8. The molecule has 0 fully saturated rings. The van der Waals surface area contributed by atoms with E-state index >= 15 is 0 Å². The monoisotopic (exact) mass is 473 g/mol. The number of methoxy groups -OCH3 is 2. The molecule has 0 radical (unpaired) electrons. The summed E-state index contributed by atoms with van der Waals surface area (Å²) in [5.74, 6) is -0.353. The Morgan fingerprint density at radius 2 is 1.43 bits per heavy atom. The van der Waals surface area contributed by atoms with Crippen molar-refractivity contribution >= 4 is 22.8 Å². The standard InChI is InChI=1S/C27H23NO7/c1-32-19-11-7-17(8-12-19)26(18-9-13-20(33-2)14-10-18)28-25(30)16-34-27(31)24-15-22(29)21-5-3-4-6-23(21)35-24/h3-15,26H,16H2,1-2H3,(H,28,30). The van der Waals surface area contributed by atoms with Gasteiger partial charge in [-0.15, -0.1) is 0 Å². The Kier molecular flexibility index (Phi) is 7.11. The Morgan fingerprint density at radius 3 is 2.00 bits per heavy atom. The van der Waals surface area contributed by atoms with E-state index < -0.39 is 24.5 Å². The van der Waals surface area contributed by atoms with Gasteiger partial charge < -0.3 is 23.9 Å². The van der Waals surface area contributed by atoms with E-state index in [0.717, 1.165) is 17.2 Å². The van der Waals surface area contributed by atoms with Crippen LogP contribution in [0.5, 0.6) is 11.5 Å². The third-order valence-electron chi connectivity index (χ3n) is 5.37. The van der Waals surface area contributed by atoms with E-state index in [0.29, 0.717) is 16.9 Å². The van der Waals surface area contributed by atoms with Crippen LogP contribution in [0.4, 0.5) is 0 Å². The van der Waals surface area contributed by atoms with E-state index in [2.05, 4.69) is 5.32 Å². The number of carbonyl (C=O) groups excluding carboxylic acids is 2. The van der Waals surface area contributed by atoms with Crippen LogP contribution in [0.2, 0.25) is 0 Å². The molecular weight excluding hydrogens is 450 g/mol. The maximum atomic E-state index is 12.7. The SMILES string of the molecule is COc1ccc(C(NC(=O)COC(=O)c2cc(=O)c3ccccc3o2)c2ccc(OC)cc2)cc1. The topological polar surface area (TPSA) is 104 Å². The fourth-order valence-electron chi connectivity index (χ4n) is 3.56. The summed E-state index contributed by atoms with van der Waals surface area (Å²) >= 11 is 0. The zero-order valence-corrected chi connectivity index (χ0v) is 19.1. The maximum Gasteiger partial charge on any atom is 0.374 e. The molecule has 8 heteroatoms. The van der Waals surface area contributed by atoms with Gasteiger partial charge in [0.05, 0.1) is 25.6 Å². The fourth-order valence-corrected chi connectivity index (χ4v) is 3.56. The number of hydrogen-bond donors (Lipinski definition) is 1. The molecule has 1 N–H and O–H groups in total. The van der Waals surface area contributed by atoms with E-state index in [4.69, 9.17) is 18.6 Å². The Labute approximate surface area is 201 Å². The number of carbonyl (C=O) groups is 2. The molecule has 178 valence electrons. The molecule has 0 spiro atoms. The molecule has 1 aromatic heterocycles. The van der Waals surface area contributed by atoms with E-state index in [1.54, 1.807) is 62.8 Å². The number of para-hydroxylation sites is 1. The predicted molar refractivity (Wildman–Crippen MR) is 129 cm³/mol. The highest BCUT2D eigenvalue weighted by Crippen LogP contribution is 2.26. The van der Waals surface area contributed by atoms with E-state index in [-0.39, 0.29) is 16.8 Å². The lowest BCUT2D eigenvalue weighted by Gasteiger charge is -2.20. The molecule has 0 aliphatic carbocycles. The van der Waals surface area contributed by atoms with Gasteiger partial charge in [-0.2, -0.15) is 0 Å². The van der Waals surface area contributed by atoms with Gasteiger partial charge in [-0.25, -0.2) is 4.79 Å². The van der Waals surface area contributed by atoms with Crippen molar-refractivity contribution in [1.29, 1.82) is 0 Å². The highest BCUT2D eigenvalue weighted by Gasteiger charge is 2.20. The number of ether oxygens (including phenoxy) is 3. The summed E-state index contributed by atoms with van der Waals surface area (Å²) in [6, 6.07) is 21.6. The van der Waals surface area contributed by atoms with Gasteiger partial charge in [0.1, 0.15) is 17.1 Å². The molecule has 4 rings (SSSR count). The minimum atomic E-state index is -0.909. The van der Waals surface area contributed by atoms with Gasteiger partial charge >= 0.3 is 5.97 Å². The van der Waals surface area contributed by atoms with Crippen LogP contribution >= 0.6 is 0 Å². The largest absolute Gasteiger partial charge is 0.497 e. The molecule has 0 saturated carbocycles. The summed E-state index contributed by atoms with van der Waals surface area (Å²) < 4.78 is 21.0. The van der Waals surface area contributed by atoms with Gasteiger partial charge in [0.25, 0.3) is 5.91 Å². The Morgan fingerprint density at radius 1 is 0.857 bits per heavy atom. The first-order valence-corrected chi connectivity index (χ1v) is 10.8. The number of benzene rings is 3. The zero-order valence-electron chi connectivity index (χ0n) is 19.1. The van der Waals surface area contributed by atoms with Crippen molar-refractivity contribution in [3.05, 3.63) is 106 Å². The minimum Gasteiger partial charge on any atom is -0.497 e. The second kappa shape index (κ2) is 10.6. The third-order valence-corrected chi connectivity index (χ3v) is 5.37. The Hall–Kier alpha value is -4.59. The van der Waals surface area contributed by atoms with Crippen LogP contribution in [-0.4, -0.2) is 32.7 Å². The van der Waals surface area contributed by atoms with Crippen molar-refractivity contribution in [3.63, 3.8) is 0 Å². The van der Waals surface area contributed by atoms with Crippen LogP contribution < -0.4 is 20.2 Å². The third kappa shape index (κ3) is 5.50. The van der Waals surface area contributed by atoms with Crippen molar-refractivity contribution in [3.8, 4) is 11.5 Å². The Balaban J connectivity index is 1.49. The molecular formula is C27H23NO7. The van der Waals surface area contributed by atoms with Crippen LogP contribution in [0.3, 0.4) is 0 Å². The van der Waals surface area contributed by atoms with Crippen molar-refractivity contribution in [2.45, 2.75) is 6.04 Å². The van der Waals surface area contributed by atoms with Crippen molar-refractivity contribution < 1.29 is 28.2 Å². The lowest BCUT2D eigenvalue weighted by atomic mass is 9.98. The molecule has 8 nitrogen and oxygen atoms in total. The predicted octanol–water partition coefficient (Wildman–Crippen LogP) is 3.87. The van der Waals surface area contributed by atoms with Gasteiger partial charge in [0, 0.05) is 6.07 Å². The van der Waals surface area contributed by atoms with Gasteiger partial charge in [0.15, 0.2) is 12.0 Å². The van der Waals surface area contributed by atoms with E-state index in [1.807, 2.05) is 24.3 Å². The zero-order chi connectivity index (χ0) is 24.8. The second-order valence-corrected chi connectivity index (χ2v) is 7.59. The van der Waals surface area contributed by atoms with Gasteiger partial charge in [-0.3, -0.25) is 9.59 Å². The molecule has 0 atom stereocenters. The van der Waals surface area contributed by atoms with Gasteiger partial charge in [-0.05, 0) is 47.5 Å². The number of hydrogen-bond acceptors (Lipinski definition) is 7. The van der Waals surface area contributed by atoms with Gasteiger partial charge in [0.2, 0.25) is 5.76 Å². The van der Waals surface area contributed by atoms with Crippen molar-refractivity contribution in [1.82, 2.24) is 5.32 Å². The summed E-state index contributed by atoms with van der Waals surface area (Å²) in [6.45, 7) is -0.557. The number of esters is 1. The smallest absolute Gasteiger partial charge is 0.374 e. The molecule has 35 heavy (non-hydrogen) atoms. The van der Waals surface area contributed by atoms with Crippen LogP contribution in [-0.2, 0) is 9.53 Å². The highest BCUT2D eigenvalue weighted by molar-refractivity contribution is 5.90. The molecule has 0 unspecified atom stereocenters.